The third-order valence-electron chi connectivity index (χ3n) is 5.73. The number of anilines is 1. The molecule has 1 aliphatic rings. The van der Waals surface area contributed by atoms with Gasteiger partial charge in [0.25, 0.3) is 5.91 Å². The number of aliphatic imine (C=N–C) groups is 1. The van der Waals surface area contributed by atoms with Crippen LogP contribution in [0.1, 0.15) is 49.2 Å². The summed E-state index contributed by atoms with van der Waals surface area (Å²) < 4.78 is 7.39. The molecule has 3 N–H and O–H groups in total. The van der Waals surface area contributed by atoms with Gasteiger partial charge in [-0.15, -0.1) is 24.0 Å². The number of hydrogen-bond acceptors (Lipinski definition) is 4. The average Bonchev–Trinajstić information content (AvgIpc) is 3.38. The van der Waals surface area contributed by atoms with Gasteiger partial charge in [0.05, 0.1) is 12.2 Å². The number of carbonyl (C=O) groups is 1. The number of nitrogens with one attached hydrogen (secondary N) is 3. The zero-order valence-electron chi connectivity index (χ0n) is 20.3. The smallest absolute Gasteiger partial charge is 0.253 e. The highest BCUT2D eigenvalue weighted by atomic mass is 127. The summed E-state index contributed by atoms with van der Waals surface area (Å²) in [5.74, 6) is 0.695. The number of carbonyl (C=O) groups excluding carboxylic acids is 1. The van der Waals surface area contributed by atoms with Crippen molar-refractivity contribution in [1.29, 1.82) is 0 Å². The molecule has 8 nitrogen and oxygen atoms in total. The fraction of sp³-hybridized carbons (Fsp3) is 0.542. The minimum atomic E-state index is -0.338. The zero-order chi connectivity index (χ0) is 23.1. The molecular weight excluding hydrogens is 531 g/mol. The molecule has 0 aliphatic carbocycles. The molecule has 1 fully saturated rings. The van der Waals surface area contributed by atoms with Gasteiger partial charge in [0.1, 0.15) is 6.10 Å². The lowest BCUT2D eigenvalue weighted by Crippen LogP contribution is -2.43. The summed E-state index contributed by atoms with van der Waals surface area (Å²) in [5, 5.41) is 14.3. The first-order chi connectivity index (χ1) is 15.4. The maximum Gasteiger partial charge on any atom is 0.253 e. The average molecular weight is 569 g/mol. The largest absolute Gasteiger partial charge is 0.368 e. The van der Waals surface area contributed by atoms with Crippen LogP contribution >= 0.6 is 24.0 Å². The first kappa shape index (κ1) is 27.1. The Morgan fingerprint density at radius 1 is 1.36 bits per heavy atom. The molecule has 1 aromatic heterocycles. The molecule has 0 spiro atoms. The van der Waals surface area contributed by atoms with Crippen LogP contribution in [0.3, 0.4) is 0 Å². The standard InChI is InChI=1S/C24H36N6O2.HI/c1-6-25-24(27-16(2)13-21-17(3)29-30(5)18(21)4)26-15-19-9-7-10-20(14-19)28-23(31)22-11-8-12-32-22;/h7,9-10,14,16,22H,6,8,11-13,15H2,1-5H3,(H,28,31)(H2,25,26,27);1H. The molecule has 0 radical (unpaired) electrons. The minimum Gasteiger partial charge on any atom is -0.368 e. The minimum absolute atomic E-state index is 0. The zero-order valence-corrected chi connectivity index (χ0v) is 22.6. The van der Waals surface area contributed by atoms with Gasteiger partial charge >= 0.3 is 0 Å². The Hall–Kier alpha value is -2.14. The van der Waals surface area contributed by atoms with Crippen molar-refractivity contribution in [2.45, 2.75) is 65.6 Å². The molecular formula is C24H37IN6O2. The number of aromatic nitrogens is 2. The van der Waals surface area contributed by atoms with Gasteiger partial charge in [-0.25, -0.2) is 4.99 Å². The van der Waals surface area contributed by atoms with Crippen LogP contribution in [0, 0.1) is 13.8 Å². The molecule has 33 heavy (non-hydrogen) atoms. The highest BCUT2D eigenvalue weighted by Crippen LogP contribution is 2.17. The molecule has 1 aliphatic heterocycles. The summed E-state index contributed by atoms with van der Waals surface area (Å²) in [7, 11) is 1.98. The second-order valence-corrected chi connectivity index (χ2v) is 8.41. The second kappa shape index (κ2) is 12.9. The van der Waals surface area contributed by atoms with Gasteiger partial charge in [-0.05, 0) is 70.2 Å². The SMILES string of the molecule is CCNC(=NCc1cccc(NC(=O)C2CCCO2)c1)NC(C)Cc1c(C)nn(C)c1C.I. The highest BCUT2D eigenvalue weighted by molar-refractivity contribution is 14.0. The molecule has 3 rings (SSSR count). The number of nitrogens with zero attached hydrogens (tertiary/aromatic N) is 3. The lowest BCUT2D eigenvalue weighted by atomic mass is 10.1. The number of hydrogen-bond donors (Lipinski definition) is 3. The maximum absolute atomic E-state index is 12.3. The molecule has 0 saturated carbocycles. The molecule has 182 valence electrons. The van der Waals surface area contributed by atoms with E-state index in [0.29, 0.717) is 13.2 Å². The van der Waals surface area contributed by atoms with Crippen molar-refractivity contribution in [3.63, 3.8) is 0 Å². The first-order valence-electron chi connectivity index (χ1n) is 11.4. The maximum atomic E-state index is 12.3. The molecule has 2 aromatic rings. The second-order valence-electron chi connectivity index (χ2n) is 8.41. The normalized spacial score (nSPS) is 16.8. The number of ether oxygens (including phenoxy) is 1. The fourth-order valence-electron chi connectivity index (χ4n) is 3.95. The van der Waals surface area contributed by atoms with E-state index in [-0.39, 0.29) is 42.0 Å². The van der Waals surface area contributed by atoms with E-state index in [1.807, 2.05) is 36.0 Å². The summed E-state index contributed by atoms with van der Waals surface area (Å²) in [6.45, 7) is 10.3. The van der Waals surface area contributed by atoms with Gasteiger partial charge in [0.2, 0.25) is 0 Å². The molecule has 1 saturated heterocycles. The number of halogens is 1. The van der Waals surface area contributed by atoms with Crippen molar-refractivity contribution in [1.82, 2.24) is 20.4 Å². The van der Waals surface area contributed by atoms with Crippen molar-refractivity contribution in [2.24, 2.45) is 12.0 Å². The molecule has 9 heteroatoms. The van der Waals surface area contributed by atoms with Crippen LogP contribution in [0.5, 0.6) is 0 Å². The lowest BCUT2D eigenvalue weighted by Gasteiger charge is -2.18. The summed E-state index contributed by atoms with van der Waals surface area (Å²) in [5.41, 5.74) is 5.34. The van der Waals surface area contributed by atoms with Crippen molar-refractivity contribution in [3.05, 3.63) is 46.8 Å². The van der Waals surface area contributed by atoms with Crippen molar-refractivity contribution >= 4 is 41.5 Å². The molecule has 2 heterocycles. The lowest BCUT2D eigenvalue weighted by molar-refractivity contribution is -0.124. The number of rotatable bonds is 8. The summed E-state index contributed by atoms with van der Waals surface area (Å²) >= 11 is 0. The van der Waals surface area contributed by atoms with E-state index < -0.39 is 0 Å². The van der Waals surface area contributed by atoms with E-state index in [1.165, 1.54) is 11.3 Å². The number of guanidine groups is 1. The van der Waals surface area contributed by atoms with Gasteiger partial charge in [-0.2, -0.15) is 5.10 Å². The Labute approximate surface area is 214 Å². The fourth-order valence-corrected chi connectivity index (χ4v) is 3.95. The number of benzene rings is 1. The van der Waals surface area contributed by atoms with Crippen LogP contribution in [0.25, 0.3) is 0 Å². The molecule has 1 aromatic carbocycles. The molecule has 2 atom stereocenters. The van der Waals surface area contributed by atoms with Gasteiger partial charge in [0, 0.05) is 37.6 Å². The monoisotopic (exact) mass is 568 g/mol. The topological polar surface area (TPSA) is 92.6 Å². The Bertz CT molecular complexity index is 952. The third-order valence-corrected chi connectivity index (χ3v) is 5.73. The van der Waals surface area contributed by atoms with E-state index in [4.69, 9.17) is 9.73 Å². The van der Waals surface area contributed by atoms with Gasteiger partial charge < -0.3 is 20.7 Å². The van der Waals surface area contributed by atoms with Crippen LogP contribution in [0.15, 0.2) is 29.3 Å². The van der Waals surface area contributed by atoms with Crippen LogP contribution < -0.4 is 16.0 Å². The van der Waals surface area contributed by atoms with Gasteiger partial charge in [0.15, 0.2) is 5.96 Å². The van der Waals surface area contributed by atoms with Crippen LogP contribution in [0.2, 0.25) is 0 Å². The van der Waals surface area contributed by atoms with Gasteiger partial charge in [-0.1, -0.05) is 12.1 Å². The van der Waals surface area contributed by atoms with Crippen molar-refractivity contribution in [2.75, 3.05) is 18.5 Å². The van der Waals surface area contributed by atoms with E-state index >= 15 is 0 Å². The van der Waals surface area contributed by atoms with Crippen molar-refractivity contribution < 1.29 is 9.53 Å². The quantitative estimate of drug-likeness (QED) is 0.258. The van der Waals surface area contributed by atoms with E-state index in [9.17, 15) is 4.79 Å². The van der Waals surface area contributed by atoms with E-state index in [1.54, 1.807) is 0 Å². The van der Waals surface area contributed by atoms with E-state index in [0.717, 1.165) is 48.7 Å². The van der Waals surface area contributed by atoms with Gasteiger partial charge in [-0.3, -0.25) is 9.48 Å². The predicted molar refractivity (Wildman–Crippen MR) is 143 cm³/mol. The highest BCUT2D eigenvalue weighted by Gasteiger charge is 2.23. The summed E-state index contributed by atoms with van der Waals surface area (Å²) in [4.78, 5) is 17.1. The van der Waals surface area contributed by atoms with Crippen LogP contribution in [-0.2, 0) is 29.5 Å². The van der Waals surface area contributed by atoms with Crippen molar-refractivity contribution in [3.8, 4) is 0 Å². The first-order valence-corrected chi connectivity index (χ1v) is 11.4. The molecule has 2 unspecified atom stereocenters. The molecule has 1 amide bonds. The van der Waals surface area contributed by atoms with Crippen LogP contribution in [-0.4, -0.2) is 46.9 Å². The Morgan fingerprint density at radius 2 is 2.15 bits per heavy atom. The third kappa shape index (κ3) is 7.70. The Morgan fingerprint density at radius 3 is 2.79 bits per heavy atom. The summed E-state index contributed by atoms with van der Waals surface area (Å²) in [6, 6.07) is 8.01. The Kier molecular flexibility index (Phi) is 10.6. The summed E-state index contributed by atoms with van der Waals surface area (Å²) in [6.07, 6.45) is 2.25. The predicted octanol–water partition coefficient (Wildman–Crippen LogP) is 3.46. The van der Waals surface area contributed by atoms with E-state index in [2.05, 4.69) is 48.7 Å². The number of amides is 1. The molecule has 0 bridgehead atoms. The Balaban J connectivity index is 0.00000385. The van der Waals surface area contributed by atoms with Crippen LogP contribution in [0.4, 0.5) is 5.69 Å². The number of aryl methyl sites for hydroxylation is 2.